The van der Waals surface area contributed by atoms with Crippen LogP contribution in [0.25, 0.3) is 0 Å². The lowest BCUT2D eigenvalue weighted by Gasteiger charge is -2.09. The van der Waals surface area contributed by atoms with Crippen LogP contribution in [0.1, 0.15) is 15.5 Å². The van der Waals surface area contributed by atoms with Crippen LogP contribution < -0.4 is 5.32 Å². The molecule has 0 aromatic carbocycles. The predicted molar refractivity (Wildman–Crippen MR) is 59.5 cm³/mol. The molecular formula is C9H13N3O3S. The molecule has 0 saturated carbocycles. The summed E-state index contributed by atoms with van der Waals surface area (Å²) >= 11 is 1.08. The Bertz CT molecular complexity index is 389. The number of hydrogen-bond acceptors (Lipinski definition) is 5. The van der Waals surface area contributed by atoms with E-state index in [1.807, 2.05) is 0 Å². The Morgan fingerprint density at radius 1 is 1.56 bits per heavy atom. The number of amides is 1. The van der Waals surface area contributed by atoms with Crippen molar-refractivity contribution in [2.24, 2.45) is 0 Å². The van der Waals surface area contributed by atoms with Crippen LogP contribution in [0.4, 0.5) is 0 Å². The summed E-state index contributed by atoms with van der Waals surface area (Å²) in [6.07, 6.45) is 0. The lowest BCUT2D eigenvalue weighted by atomic mass is 10.4. The number of rotatable bonds is 5. The fourth-order valence-corrected chi connectivity index (χ4v) is 1.60. The van der Waals surface area contributed by atoms with Crippen molar-refractivity contribution in [3.63, 3.8) is 0 Å². The molecule has 0 saturated heterocycles. The zero-order chi connectivity index (χ0) is 12.1. The van der Waals surface area contributed by atoms with Crippen molar-refractivity contribution in [2.75, 3.05) is 20.6 Å². The van der Waals surface area contributed by atoms with E-state index in [1.54, 1.807) is 19.5 Å². The number of carbonyl (C=O) groups excluding carboxylic acids is 1. The summed E-state index contributed by atoms with van der Waals surface area (Å²) in [5, 5.41) is 13.3. The molecule has 0 unspecified atom stereocenters. The minimum atomic E-state index is -1.03. The van der Waals surface area contributed by atoms with Crippen molar-refractivity contribution in [1.29, 1.82) is 0 Å². The predicted octanol–water partition coefficient (Wildman–Crippen LogP) is 0.0191. The lowest BCUT2D eigenvalue weighted by molar-refractivity contribution is -0.127. The van der Waals surface area contributed by atoms with Crippen LogP contribution in [0.5, 0.6) is 0 Å². The van der Waals surface area contributed by atoms with E-state index in [0.717, 1.165) is 11.3 Å². The molecule has 0 fully saturated rings. The van der Waals surface area contributed by atoms with Gasteiger partial charge in [0, 0.05) is 26.0 Å². The number of aromatic nitrogens is 1. The van der Waals surface area contributed by atoms with Crippen LogP contribution in [0.2, 0.25) is 0 Å². The Labute approximate surface area is 96.9 Å². The summed E-state index contributed by atoms with van der Waals surface area (Å²) in [6, 6.07) is 0. The number of carbonyl (C=O) groups is 2. The highest BCUT2D eigenvalue weighted by atomic mass is 32.1. The van der Waals surface area contributed by atoms with E-state index >= 15 is 0 Å². The number of carboxylic acid groups (broad SMARTS) is 1. The molecule has 0 aliphatic carbocycles. The Balaban J connectivity index is 2.37. The Morgan fingerprint density at radius 3 is 2.75 bits per heavy atom. The third-order valence-electron chi connectivity index (χ3n) is 1.82. The summed E-state index contributed by atoms with van der Waals surface area (Å²) in [5.74, 6) is -1.06. The minimum absolute atomic E-state index is 0.0336. The monoisotopic (exact) mass is 243 g/mol. The molecule has 1 aromatic heterocycles. The van der Waals surface area contributed by atoms with Crippen molar-refractivity contribution >= 4 is 23.2 Å². The number of hydrogen-bond donors (Lipinski definition) is 2. The van der Waals surface area contributed by atoms with Crippen molar-refractivity contribution in [2.45, 2.75) is 6.54 Å². The van der Waals surface area contributed by atoms with Gasteiger partial charge in [-0.25, -0.2) is 9.78 Å². The van der Waals surface area contributed by atoms with E-state index < -0.39 is 5.97 Å². The molecule has 0 aliphatic heterocycles. The molecule has 1 amide bonds. The van der Waals surface area contributed by atoms with Crippen molar-refractivity contribution in [1.82, 2.24) is 15.2 Å². The van der Waals surface area contributed by atoms with Gasteiger partial charge in [-0.15, -0.1) is 11.3 Å². The molecule has 1 heterocycles. The fraction of sp³-hybridized carbons (Fsp3) is 0.444. The number of aromatic carboxylic acids is 1. The van der Waals surface area contributed by atoms with E-state index in [0.29, 0.717) is 12.2 Å². The molecule has 88 valence electrons. The first-order valence-corrected chi connectivity index (χ1v) is 5.47. The number of thiazole rings is 1. The van der Waals surface area contributed by atoms with Crippen LogP contribution in [-0.4, -0.2) is 47.5 Å². The van der Waals surface area contributed by atoms with E-state index in [-0.39, 0.29) is 17.5 Å². The Hall–Kier alpha value is -1.47. The van der Waals surface area contributed by atoms with Crippen LogP contribution in [0.15, 0.2) is 5.38 Å². The van der Waals surface area contributed by atoms with Crippen molar-refractivity contribution in [3.8, 4) is 0 Å². The molecule has 0 bridgehead atoms. The number of nitrogens with zero attached hydrogens (tertiary/aromatic N) is 2. The zero-order valence-electron chi connectivity index (χ0n) is 9.06. The van der Waals surface area contributed by atoms with Crippen LogP contribution in [0, 0.1) is 0 Å². The van der Waals surface area contributed by atoms with Gasteiger partial charge >= 0.3 is 5.97 Å². The number of carboxylic acids is 1. The van der Waals surface area contributed by atoms with E-state index in [1.165, 1.54) is 4.90 Å². The average Bonchev–Trinajstić information content (AvgIpc) is 2.66. The number of likely N-dealkylation sites (N-methyl/N-ethyl adjacent to an activating group) is 1. The summed E-state index contributed by atoms with van der Waals surface area (Å²) < 4.78 is 0. The van der Waals surface area contributed by atoms with Gasteiger partial charge in [0.1, 0.15) is 0 Å². The Morgan fingerprint density at radius 2 is 2.25 bits per heavy atom. The normalized spacial score (nSPS) is 10.1. The SMILES string of the molecule is CN(C)C(=O)CNCc1csc(C(=O)O)n1. The van der Waals surface area contributed by atoms with E-state index in [2.05, 4.69) is 10.3 Å². The maximum absolute atomic E-state index is 11.2. The second kappa shape index (κ2) is 5.57. The third-order valence-corrected chi connectivity index (χ3v) is 2.69. The number of nitrogens with one attached hydrogen (secondary N) is 1. The van der Waals surface area contributed by atoms with E-state index in [4.69, 9.17) is 5.11 Å². The van der Waals surface area contributed by atoms with Gasteiger partial charge in [-0.2, -0.15) is 0 Å². The molecule has 0 atom stereocenters. The van der Waals surface area contributed by atoms with Gasteiger partial charge in [-0.05, 0) is 0 Å². The molecule has 7 heteroatoms. The van der Waals surface area contributed by atoms with Gasteiger partial charge in [0.05, 0.1) is 12.2 Å². The molecule has 1 aromatic rings. The largest absolute Gasteiger partial charge is 0.476 e. The van der Waals surface area contributed by atoms with Gasteiger partial charge in [0.15, 0.2) is 0 Å². The highest BCUT2D eigenvalue weighted by molar-refractivity contribution is 7.11. The smallest absolute Gasteiger partial charge is 0.365 e. The summed E-state index contributed by atoms with van der Waals surface area (Å²) in [5.41, 5.74) is 0.633. The highest BCUT2D eigenvalue weighted by Crippen LogP contribution is 2.08. The van der Waals surface area contributed by atoms with Crippen molar-refractivity contribution < 1.29 is 14.7 Å². The standard InChI is InChI=1S/C9H13N3O3S/c1-12(2)7(13)4-10-3-6-5-16-8(11-6)9(14)15/h5,10H,3-4H2,1-2H3,(H,14,15). The van der Waals surface area contributed by atoms with Gasteiger partial charge in [0.25, 0.3) is 0 Å². The topological polar surface area (TPSA) is 82.5 Å². The molecule has 0 aliphatic rings. The lowest BCUT2D eigenvalue weighted by Crippen LogP contribution is -2.32. The van der Waals surface area contributed by atoms with E-state index in [9.17, 15) is 9.59 Å². The molecule has 1 rings (SSSR count). The molecule has 16 heavy (non-hydrogen) atoms. The minimum Gasteiger partial charge on any atom is -0.476 e. The van der Waals surface area contributed by atoms with Gasteiger partial charge in [-0.1, -0.05) is 0 Å². The van der Waals surface area contributed by atoms with Crippen LogP contribution in [0.3, 0.4) is 0 Å². The first-order chi connectivity index (χ1) is 7.50. The van der Waals surface area contributed by atoms with Gasteiger partial charge in [0.2, 0.25) is 10.9 Å². The highest BCUT2D eigenvalue weighted by Gasteiger charge is 2.09. The molecule has 6 nitrogen and oxygen atoms in total. The fourth-order valence-electron chi connectivity index (χ4n) is 0.942. The van der Waals surface area contributed by atoms with Gasteiger partial charge in [-0.3, -0.25) is 4.79 Å². The third kappa shape index (κ3) is 3.59. The van der Waals surface area contributed by atoms with Crippen LogP contribution >= 0.6 is 11.3 Å². The molecule has 0 spiro atoms. The second-order valence-corrected chi connectivity index (χ2v) is 4.20. The summed E-state index contributed by atoms with van der Waals surface area (Å²) in [4.78, 5) is 27.1. The quantitative estimate of drug-likeness (QED) is 0.761. The zero-order valence-corrected chi connectivity index (χ0v) is 9.87. The van der Waals surface area contributed by atoms with Crippen molar-refractivity contribution in [3.05, 3.63) is 16.1 Å². The average molecular weight is 243 g/mol. The van der Waals surface area contributed by atoms with Crippen LogP contribution in [-0.2, 0) is 11.3 Å². The first-order valence-electron chi connectivity index (χ1n) is 4.59. The second-order valence-electron chi connectivity index (χ2n) is 3.34. The summed E-state index contributed by atoms with van der Waals surface area (Å²) in [6.45, 7) is 0.607. The summed E-state index contributed by atoms with van der Waals surface area (Å²) in [7, 11) is 3.35. The Kier molecular flexibility index (Phi) is 4.39. The maximum Gasteiger partial charge on any atom is 0.365 e. The molecule has 2 N–H and O–H groups in total. The maximum atomic E-state index is 11.2. The van der Waals surface area contributed by atoms with Gasteiger partial charge < -0.3 is 15.3 Å². The first kappa shape index (κ1) is 12.6. The molecular weight excluding hydrogens is 230 g/mol. The molecule has 0 radical (unpaired) electrons.